The topological polar surface area (TPSA) is 53.1 Å². The molecule has 0 aliphatic carbocycles. The van der Waals surface area contributed by atoms with Crippen molar-refractivity contribution in [1.29, 1.82) is 0 Å². The van der Waals surface area contributed by atoms with Gasteiger partial charge in [-0.1, -0.05) is 6.92 Å². The molecule has 0 bridgehead atoms. The van der Waals surface area contributed by atoms with E-state index in [1.807, 2.05) is 11.8 Å². The van der Waals surface area contributed by atoms with Crippen molar-refractivity contribution in [2.75, 3.05) is 54.9 Å². The molecule has 0 unspecified atom stereocenters. The Labute approximate surface area is 119 Å². The van der Waals surface area contributed by atoms with E-state index in [0.29, 0.717) is 0 Å². The zero-order valence-electron chi connectivity index (χ0n) is 11.6. The number of thioether (sulfide) groups is 1. The zero-order valence-corrected chi connectivity index (χ0v) is 12.4. The molecule has 1 saturated heterocycles. The van der Waals surface area contributed by atoms with Crippen LogP contribution in [0.15, 0.2) is 12.4 Å². The van der Waals surface area contributed by atoms with Gasteiger partial charge in [0.1, 0.15) is 11.6 Å². The molecule has 0 spiro atoms. The first kappa shape index (κ1) is 14.4. The van der Waals surface area contributed by atoms with Crippen molar-refractivity contribution in [2.45, 2.75) is 13.3 Å². The molecular formula is C13H23N5S. The van der Waals surface area contributed by atoms with E-state index in [9.17, 15) is 0 Å². The first-order chi connectivity index (χ1) is 9.38. The smallest absolute Gasteiger partial charge is 0.147 e. The molecule has 0 saturated carbocycles. The Bertz CT molecular complexity index is 368. The standard InChI is InChI=1S/C13H23N5S/c1-2-3-15-12-10-14-11-13(17-12)16-4-5-18-6-8-19-9-7-18/h10-11H,2-9H2,1H3,(H2,15,16,17). The fourth-order valence-corrected chi connectivity index (χ4v) is 2.93. The fourth-order valence-electron chi connectivity index (χ4n) is 1.96. The molecule has 5 nitrogen and oxygen atoms in total. The molecule has 1 aliphatic heterocycles. The minimum absolute atomic E-state index is 0.848. The molecule has 2 N–H and O–H groups in total. The van der Waals surface area contributed by atoms with Crippen molar-refractivity contribution in [3.05, 3.63) is 12.4 Å². The lowest BCUT2D eigenvalue weighted by atomic mass is 10.4. The second-order valence-corrected chi connectivity index (χ2v) is 5.82. The minimum Gasteiger partial charge on any atom is -0.369 e. The number of hydrogen-bond acceptors (Lipinski definition) is 6. The summed E-state index contributed by atoms with van der Waals surface area (Å²) in [5.74, 6) is 4.22. The summed E-state index contributed by atoms with van der Waals surface area (Å²) in [6.07, 6.45) is 4.64. The Balaban J connectivity index is 1.72. The molecule has 1 aromatic heterocycles. The number of nitrogens with zero attached hydrogens (tertiary/aromatic N) is 3. The highest BCUT2D eigenvalue weighted by molar-refractivity contribution is 7.99. The van der Waals surface area contributed by atoms with Gasteiger partial charge in [-0.15, -0.1) is 0 Å². The van der Waals surface area contributed by atoms with E-state index in [1.54, 1.807) is 12.4 Å². The molecule has 2 rings (SSSR count). The third-order valence-electron chi connectivity index (χ3n) is 3.03. The number of nitrogens with one attached hydrogen (secondary N) is 2. The summed E-state index contributed by atoms with van der Waals surface area (Å²) in [6, 6.07) is 0. The third-order valence-corrected chi connectivity index (χ3v) is 3.97. The van der Waals surface area contributed by atoms with Crippen LogP contribution in [0.4, 0.5) is 11.6 Å². The predicted octanol–water partition coefficient (Wildman–Crippen LogP) is 1.76. The number of anilines is 2. The van der Waals surface area contributed by atoms with Gasteiger partial charge in [0.2, 0.25) is 0 Å². The van der Waals surface area contributed by atoms with Crippen LogP contribution in [-0.2, 0) is 0 Å². The molecule has 2 heterocycles. The van der Waals surface area contributed by atoms with Gasteiger partial charge in [-0.25, -0.2) is 4.98 Å². The molecule has 0 atom stereocenters. The van der Waals surface area contributed by atoms with E-state index < -0.39 is 0 Å². The van der Waals surface area contributed by atoms with Gasteiger partial charge in [-0.3, -0.25) is 9.88 Å². The molecule has 0 aromatic carbocycles. The molecule has 1 aromatic rings. The lowest BCUT2D eigenvalue weighted by molar-refractivity contribution is 0.314. The van der Waals surface area contributed by atoms with Crippen LogP contribution >= 0.6 is 11.8 Å². The van der Waals surface area contributed by atoms with Crippen LogP contribution in [0, 0.1) is 0 Å². The highest BCUT2D eigenvalue weighted by Crippen LogP contribution is 2.09. The number of rotatable bonds is 7. The molecule has 1 fully saturated rings. The van der Waals surface area contributed by atoms with E-state index in [1.165, 1.54) is 24.6 Å². The second kappa shape index (κ2) is 8.22. The van der Waals surface area contributed by atoms with Gasteiger partial charge < -0.3 is 10.6 Å². The monoisotopic (exact) mass is 281 g/mol. The Morgan fingerprint density at radius 1 is 1.16 bits per heavy atom. The van der Waals surface area contributed by atoms with Crippen molar-refractivity contribution in [3.63, 3.8) is 0 Å². The minimum atomic E-state index is 0.848. The molecule has 1 aliphatic rings. The lowest BCUT2D eigenvalue weighted by Crippen LogP contribution is -2.36. The Morgan fingerprint density at radius 2 is 1.84 bits per heavy atom. The van der Waals surface area contributed by atoms with Crippen LogP contribution < -0.4 is 10.6 Å². The van der Waals surface area contributed by atoms with Gasteiger partial charge >= 0.3 is 0 Å². The summed E-state index contributed by atoms with van der Waals surface area (Å²) in [5.41, 5.74) is 0. The average Bonchev–Trinajstić information content (AvgIpc) is 2.47. The van der Waals surface area contributed by atoms with Crippen molar-refractivity contribution in [1.82, 2.24) is 14.9 Å². The number of hydrogen-bond donors (Lipinski definition) is 2. The first-order valence-electron chi connectivity index (χ1n) is 6.98. The molecule has 0 amide bonds. The summed E-state index contributed by atoms with van der Waals surface area (Å²) in [7, 11) is 0. The largest absolute Gasteiger partial charge is 0.369 e. The van der Waals surface area contributed by atoms with Gasteiger partial charge in [-0.2, -0.15) is 11.8 Å². The maximum Gasteiger partial charge on any atom is 0.147 e. The van der Waals surface area contributed by atoms with E-state index in [4.69, 9.17) is 0 Å². The maximum atomic E-state index is 4.49. The van der Waals surface area contributed by atoms with Gasteiger partial charge in [0.15, 0.2) is 0 Å². The highest BCUT2D eigenvalue weighted by Gasteiger charge is 2.09. The van der Waals surface area contributed by atoms with Crippen LogP contribution in [0.25, 0.3) is 0 Å². The summed E-state index contributed by atoms with van der Waals surface area (Å²) in [4.78, 5) is 11.2. The van der Waals surface area contributed by atoms with Crippen LogP contribution in [0.1, 0.15) is 13.3 Å². The van der Waals surface area contributed by atoms with Crippen molar-refractivity contribution < 1.29 is 0 Å². The molecule has 0 radical (unpaired) electrons. The normalized spacial score (nSPS) is 16.3. The SMILES string of the molecule is CCCNc1cncc(NCCN2CCSCC2)n1. The van der Waals surface area contributed by atoms with Crippen LogP contribution in [0.3, 0.4) is 0 Å². The Hall–Kier alpha value is -1.01. The Kier molecular flexibility index (Phi) is 6.23. The summed E-state index contributed by atoms with van der Waals surface area (Å²) >= 11 is 2.05. The van der Waals surface area contributed by atoms with Gasteiger partial charge in [-0.05, 0) is 6.42 Å². The van der Waals surface area contributed by atoms with Gasteiger partial charge in [0.05, 0.1) is 12.4 Å². The second-order valence-electron chi connectivity index (χ2n) is 4.60. The third kappa shape index (κ3) is 5.24. The van der Waals surface area contributed by atoms with E-state index >= 15 is 0 Å². The maximum absolute atomic E-state index is 4.49. The number of aromatic nitrogens is 2. The van der Waals surface area contributed by atoms with E-state index in [0.717, 1.165) is 37.7 Å². The van der Waals surface area contributed by atoms with E-state index in [-0.39, 0.29) is 0 Å². The summed E-state index contributed by atoms with van der Waals surface area (Å²) < 4.78 is 0. The summed E-state index contributed by atoms with van der Waals surface area (Å²) in [5, 5.41) is 6.59. The molecule has 6 heteroatoms. The molecule has 106 valence electrons. The molecule has 19 heavy (non-hydrogen) atoms. The van der Waals surface area contributed by atoms with Crippen LogP contribution in [0.2, 0.25) is 0 Å². The predicted molar refractivity (Wildman–Crippen MR) is 83.1 cm³/mol. The summed E-state index contributed by atoms with van der Waals surface area (Å²) in [6.45, 7) is 7.49. The van der Waals surface area contributed by atoms with E-state index in [2.05, 4.69) is 32.4 Å². The lowest BCUT2D eigenvalue weighted by Gasteiger charge is -2.26. The van der Waals surface area contributed by atoms with Crippen molar-refractivity contribution in [2.24, 2.45) is 0 Å². The van der Waals surface area contributed by atoms with Gasteiger partial charge in [0.25, 0.3) is 0 Å². The van der Waals surface area contributed by atoms with Gasteiger partial charge in [0, 0.05) is 44.2 Å². The molecular weight excluding hydrogens is 258 g/mol. The van der Waals surface area contributed by atoms with Crippen molar-refractivity contribution >= 4 is 23.4 Å². The van der Waals surface area contributed by atoms with Crippen molar-refractivity contribution in [3.8, 4) is 0 Å². The van der Waals surface area contributed by atoms with Crippen LogP contribution in [0.5, 0.6) is 0 Å². The highest BCUT2D eigenvalue weighted by atomic mass is 32.2. The Morgan fingerprint density at radius 3 is 2.53 bits per heavy atom. The van der Waals surface area contributed by atoms with Crippen LogP contribution in [-0.4, -0.2) is 59.1 Å². The first-order valence-corrected chi connectivity index (χ1v) is 8.14. The average molecular weight is 281 g/mol. The zero-order chi connectivity index (χ0) is 13.3. The fraction of sp³-hybridized carbons (Fsp3) is 0.692. The quantitative estimate of drug-likeness (QED) is 0.794.